The summed E-state index contributed by atoms with van der Waals surface area (Å²) in [5.74, 6) is -1.44. The fraction of sp³-hybridized carbons (Fsp3) is 0.312. The Hall–Kier alpha value is -4.01. The van der Waals surface area contributed by atoms with Crippen molar-refractivity contribution in [3.05, 3.63) is 71.2 Å². The molecule has 0 bridgehead atoms. The first-order valence-corrected chi connectivity index (χ1v) is 18.2. The van der Waals surface area contributed by atoms with Gasteiger partial charge in [-0.15, -0.1) is 11.3 Å². The van der Waals surface area contributed by atoms with Gasteiger partial charge in [-0.1, -0.05) is 56.4 Å². The number of amides is 3. The van der Waals surface area contributed by atoms with Crippen molar-refractivity contribution >= 4 is 74.1 Å². The Morgan fingerprint density at radius 2 is 1.81 bits per heavy atom. The molecule has 0 radical (unpaired) electrons. The van der Waals surface area contributed by atoms with Crippen molar-refractivity contribution in [3.63, 3.8) is 0 Å². The molecule has 2 atom stereocenters. The van der Waals surface area contributed by atoms with Crippen LogP contribution in [0.1, 0.15) is 48.8 Å². The number of benzene rings is 2. The van der Waals surface area contributed by atoms with Crippen LogP contribution in [0, 0.1) is 5.41 Å². The molecule has 3 amide bonds. The molecule has 1 fully saturated rings. The molecule has 5 N–H and O–H groups in total. The van der Waals surface area contributed by atoms with Crippen LogP contribution in [0.5, 0.6) is 0 Å². The van der Waals surface area contributed by atoms with Crippen molar-refractivity contribution in [2.75, 3.05) is 11.9 Å². The predicted octanol–water partition coefficient (Wildman–Crippen LogP) is 6.51. The minimum Gasteiger partial charge on any atom is -0.354 e. The van der Waals surface area contributed by atoms with Gasteiger partial charge in [0.1, 0.15) is 12.1 Å². The number of aromatic nitrogens is 2. The zero-order valence-corrected chi connectivity index (χ0v) is 28.5. The molecule has 0 aliphatic carbocycles. The Balaban J connectivity index is 1.16. The molecule has 0 saturated carbocycles. The summed E-state index contributed by atoms with van der Waals surface area (Å²) in [6, 6.07) is 12.5. The Morgan fingerprint density at radius 1 is 1.06 bits per heavy atom. The normalized spacial score (nSPS) is 16.4. The summed E-state index contributed by atoms with van der Waals surface area (Å²) in [5.41, 5.74) is -4.19. The number of carbonyl (C=O) groups excluding carboxylic acids is 3. The van der Waals surface area contributed by atoms with Gasteiger partial charge in [-0.25, -0.2) is 4.98 Å². The number of carbonyl (C=O) groups is 3. The number of aromatic amines is 1. The van der Waals surface area contributed by atoms with Crippen LogP contribution in [0.4, 0.5) is 13.9 Å². The highest BCUT2D eigenvalue weighted by molar-refractivity contribution is 7.52. The monoisotopic (exact) mass is 715 g/mol. The third-order valence-electron chi connectivity index (χ3n) is 8.21. The van der Waals surface area contributed by atoms with E-state index in [0.717, 1.165) is 44.9 Å². The van der Waals surface area contributed by atoms with Crippen molar-refractivity contribution in [2.45, 2.75) is 51.4 Å². The van der Waals surface area contributed by atoms with E-state index in [0.29, 0.717) is 29.2 Å². The number of fused-ring (bicyclic) bond motifs is 2. The number of thiophene rings is 1. The summed E-state index contributed by atoms with van der Waals surface area (Å²) in [6.45, 7) is 5.66. The second kappa shape index (κ2) is 12.5. The minimum atomic E-state index is -5.77. The van der Waals surface area contributed by atoms with E-state index in [1.54, 1.807) is 27.0 Å². The molecular weight excluding hydrogens is 683 g/mol. The number of nitrogens with zero attached hydrogens (tertiary/aromatic N) is 2. The van der Waals surface area contributed by atoms with E-state index in [-0.39, 0.29) is 16.2 Å². The first-order valence-electron chi connectivity index (χ1n) is 15.0. The molecule has 6 rings (SSSR count). The SMILES string of the molecule is CC(C)(C)[C@H](NC(=O)c1cc2cc(C(F)(F)P(=O)(O)O)ccc2s1)C(=O)N1CCC[C@H]1C(=O)Nc1ncc(-c2cc3ccccc3[nH]2)s1. The lowest BCUT2D eigenvalue weighted by molar-refractivity contribution is -0.140. The predicted molar refractivity (Wildman–Crippen MR) is 181 cm³/mol. The Morgan fingerprint density at radius 3 is 2.52 bits per heavy atom. The lowest BCUT2D eigenvalue weighted by atomic mass is 9.85. The second-order valence-corrected chi connectivity index (χ2v) is 16.5. The number of thiazole rings is 1. The van der Waals surface area contributed by atoms with Gasteiger partial charge < -0.3 is 30.3 Å². The Bertz CT molecular complexity index is 2070. The van der Waals surface area contributed by atoms with Crippen LogP contribution in [0.3, 0.4) is 0 Å². The number of anilines is 1. The molecule has 0 spiro atoms. The minimum absolute atomic E-state index is 0.119. The second-order valence-electron chi connectivity index (χ2n) is 12.7. The number of rotatable bonds is 8. The van der Waals surface area contributed by atoms with Crippen molar-refractivity contribution in [3.8, 4) is 10.6 Å². The number of para-hydroxylation sites is 1. The molecule has 1 aliphatic rings. The molecule has 0 unspecified atom stereocenters. The summed E-state index contributed by atoms with van der Waals surface area (Å²) < 4.78 is 40.4. The molecule has 4 heterocycles. The maximum Gasteiger partial charge on any atom is 0.399 e. The van der Waals surface area contributed by atoms with Crippen molar-refractivity contribution in [2.24, 2.45) is 5.41 Å². The van der Waals surface area contributed by atoms with Crippen molar-refractivity contribution in [1.82, 2.24) is 20.2 Å². The van der Waals surface area contributed by atoms with Crippen LogP contribution in [-0.2, 0) is 19.8 Å². The molecule has 3 aromatic heterocycles. The van der Waals surface area contributed by atoms with E-state index in [1.165, 1.54) is 28.4 Å². The topological polar surface area (TPSA) is 165 Å². The number of alkyl halides is 2. The molecule has 5 aromatic rings. The number of hydrogen-bond acceptors (Lipinski definition) is 7. The van der Waals surface area contributed by atoms with Gasteiger partial charge in [0, 0.05) is 33.9 Å². The average Bonchev–Trinajstić information content (AvgIpc) is 3.83. The van der Waals surface area contributed by atoms with Crippen LogP contribution in [-0.4, -0.2) is 61.0 Å². The Kier molecular flexibility index (Phi) is 8.79. The maximum atomic E-state index is 14.3. The maximum absolute atomic E-state index is 14.3. The van der Waals surface area contributed by atoms with Gasteiger partial charge in [0.05, 0.1) is 15.4 Å². The smallest absolute Gasteiger partial charge is 0.354 e. The van der Waals surface area contributed by atoms with Gasteiger partial charge in [0.15, 0.2) is 5.13 Å². The van der Waals surface area contributed by atoms with E-state index in [4.69, 9.17) is 9.79 Å². The summed E-state index contributed by atoms with van der Waals surface area (Å²) in [5, 5.41) is 7.27. The molecule has 252 valence electrons. The number of nitrogens with one attached hydrogen (secondary N) is 3. The first kappa shape index (κ1) is 33.9. The summed E-state index contributed by atoms with van der Waals surface area (Å²) in [6.07, 6.45) is 2.69. The van der Waals surface area contributed by atoms with Gasteiger partial charge in [-0.2, -0.15) is 8.78 Å². The van der Waals surface area contributed by atoms with Crippen LogP contribution in [0.25, 0.3) is 31.6 Å². The highest BCUT2D eigenvalue weighted by atomic mass is 32.1. The lowest BCUT2D eigenvalue weighted by Crippen LogP contribution is -2.57. The van der Waals surface area contributed by atoms with Gasteiger partial charge in [-0.3, -0.25) is 18.9 Å². The quantitative estimate of drug-likeness (QED) is 0.114. The van der Waals surface area contributed by atoms with Crippen molar-refractivity contribution in [1.29, 1.82) is 0 Å². The standard InChI is InChI=1S/C32H32F2N5O6PS2/c1-31(2,3)26(37-28(41)24-15-18-13-19(10-11-23(18)47-24)32(33,34)46(43,44)45)29(42)39-12-6-9-22(39)27(40)38-30-35-16-25(48-30)21-14-17-7-4-5-8-20(17)36-21/h4-5,7-8,10-11,13-16,22,26,36H,6,9,12H2,1-3H3,(H,37,41)(H,35,38,40)(H2,43,44,45)/t22-,26+/m0/s1. The third kappa shape index (κ3) is 6.52. The molecule has 11 nitrogen and oxygen atoms in total. The van der Waals surface area contributed by atoms with E-state index in [2.05, 4.69) is 20.6 Å². The van der Waals surface area contributed by atoms with E-state index >= 15 is 0 Å². The highest BCUT2D eigenvalue weighted by Crippen LogP contribution is 2.59. The molecule has 2 aromatic carbocycles. The highest BCUT2D eigenvalue weighted by Gasteiger charge is 2.50. The molecule has 48 heavy (non-hydrogen) atoms. The third-order valence-corrected chi connectivity index (χ3v) is 11.3. The molecule has 16 heteroatoms. The van der Waals surface area contributed by atoms with Crippen LogP contribution < -0.4 is 10.6 Å². The van der Waals surface area contributed by atoms with E-state index in [1.807, 2.05) is 30.3 Å². The average molecular weight is 716 g/mol. The Labute approximate surface area is 281 Å². The zero-order chi connectivity index (χ0) is 34.6. The largest absolute Gasteiger partial charge is 0.399 e. The number of hydrogen-bond donors (Lipinski definition) is 5. The summed E-state index contributed by atoms with van der Waals surface area (Å²) in [4.78, 5) is 69.2. The number of halogens is 2. The van der Waals surface area contributed by atoms with Crippen LogP contribution >= 0.6 is 30.3 Å². The van der Waals surface area contributed by atoms with Gasteiger partial charge in [-0.05, 0) is 54.0 Å². The van der Waals surface area contributed by atoms with E-state index < -0.39 is 48.1 Å². The fourth-order valence-electron chi connectivity index (χ4n) is 5.68. The van der Waals surface area contributed by atoms with Gasteiger partial charge in [0.2, 0.25) is 11.8 Å². The first-order chi connectivity index (χ1) is 22.5. The molecule has 1 saturated heterocycles. The van der Waals surface area contributed by atoms with Gasteiger partial charge >= 0.3 is 13.3 Å². The van der Waals surface area contributed by atoms with E-state index in [9.17, 15) is 27.7 Å². The van der Waals surface area contributed by atoms with Crippen LogP contribution in [0.2, 0.25) is 0 Å². The van der Waals surface area contributed by atoms with Crippen LogP contribution in [0.15, 0.2) is 60.8 Å². The summed E-state index contributed by atoms with van der Waals surface area (Å²) >= 11 is 2.29. The number of H-pyrrole nitrogens is 1. The van der Waals surface area contributed by atoms with Gasteiger partial charge in [0.25, 0.3) is 5.91 Å². The van der Waals surface area contributed by atoms with Crippen molar-refractivity contribution < 1.29 is 37.5 Å². The summed E-state index contributed by atoms with van der Waals surface area (Å²) in [7, 11) is -5.77. The lowest BCUT2D eigenvalue weighted by Gasteiger charge is -2.35. The number of likely N-dealkylation sites (tertiary alicyclic amines) is 1. The zero-order valence-electron chi connectivity index (χ0n) is 26.0. The molecule has 1 aliphatic heterocycles. The fourth-order valence-corrected chi connectivity index (χ4v) is 7.89. The molecular formula is C32H32F2N5O6PS2.